The Labute approximate surface area is 131 Å². The molecule has 1 atom stereocenters. The molecule has 0 aliphatic heterocycles. The largest absolute Gasteiger partial charge is 0.378 e. The zero-order valence-electron chi connectivity index (χ0n) is 13.2. The normalized spacial score (nSPS) is 13.6. The molecule has 0 saturated heterocycles. The van der Waals surface area contributed by atoms with Crippen LogP contribution in [-0.4, -0.2) is 10.7 Å². The highest BCUT2D eigenvalue weighted by atomic mass is 35.5. The van der Waals surface area contributed by atoms with Crippen molar-refractivity contribution in [3.05, 3.63) is 24.3 Å². The number of alkyl halides is 1. The first-order valence-electron chi connectivity index (χ1n) is 8.39. The van der Waals surface area contributed by atoms with E-state index in [1.54, 1.807) is 0 Å². The standard InChI is InChI=1S/C18H33ClO/c1-2-3-4-5-6-7-8-9-10-11-12-13-14-15-16-17-18(19)20/h6-7,9-10,18,20H,2-5,8,11-17H2,1H3. The van der Waals surface area contributed by atoms with Crippen molar-refractivity contribution in [2.75, 3.05) is 0 Å². The Morgan fingerprint density at radius 2 is 1.35 bits per heavy atom. The number of rotatable bonds is 14. The molecule has 0 aromatic rings. The van der Waals surface area contributed by atoms with Crippen molar-refractivity contribution in [2.24, 2.45) is 0 Å². The van der Waals surface area contributed by atoms with Crippen LogP contribution in [0.1, 0.15) is 84.0 Å². The summed E-state index contributed by atoms with van der Waals surface area (Å²) in [6.07, 6.45) is 23.5. The van der Waals surface area contributed by atoms with Crippen molar-refractivity contribution in [1.82, 2.24) is 0 Å². The Hall–Kier alpha value is -0.270. The molecule has 1 N–H and O–H groups in total. The predicted molar refractivity (Wildman–Crippen MR) is 91.2 cm³/mol. The molecule has 0 rings (SSSR count). The summed E-state index contributed by atoms with van der Waals surface area (Å²) in [4.78, 5) is 0. The maximum Gasteiger partial charge on any atom is 0.128 e. The van der Waals surface area contributed by atoms with Crippen molar-refractivity contribution >= 4 is 11.6 Å². The van der Waals surface area contributed by atoms with Gasteiger partial charge in [-0.05, 0) is 44.9 Å². The van der Waals surface area contributed by atoms with Crippen LogP contribution in [0.2, 0.25) is 0 Å². The van der Waals surface area contributed by atoms with Gasteiger partial charge in [0.1, 0.15) is 5.56 Å². The number of hydrogen-bond acceptors (Lipinski definition) is 1. The fourth-order valence-corrected chi connectivity index (χ4v) is 2.28. The van der Waals surface area contributed by atoms with Gasteiger partial charge in [0, 0.05) is 0 Å². The maximum atomic E-state index is 8.91. The van der Waals surface area contributed by atoms with E-state index in [1.165, 1.54) is 57.8 Å². The molecular weight excluding hydrogens is 268 g/mol. The van der Waals surface area contributed by atoms with Gasteiger partial charge in [-0.25, -0.2) is 0 Å². The van der Waals surface area contributed by atoms with Crippen molar-refractivity contribution in [2.45, 2.75) is 89.5 Å². The van der Waals surface area contributed by atoms with Crippen molar-refractivity contribution in [3.8, 4) is 0 Å². The summed E-state index contributed by atoms with van der Waals surface area (Å²) in [6.45, 7) is 2.24. The van der Waals surface area contributed by atoms with Crippen LogP contribution in [0.3, 0.4) is 0 Å². The summed E-state index contributed by atoms with van der Waals surface area (Å²) in [7, 11) is 0. The molecular formula is C18H33ClO. The first kappa shape index (κ1) is 19.7. The Kier molecular flexibility index (Phi) is 16.6. The predicted octanol–water partition coefficient (Wildman–Crippen LogP) is 6.36. The minimum atomic E-state index is -0.645. The molecule has 2 heteroatoms. The molecule has 0 heterocycles. The lowest BCUT2D eigenvalue weighted by molar-refractivity contribution is 0.240. The zero-order valence-corrected chi connectivity index (χ0v) is 14.0. The van der Waals surface area contributed by atoms with E-state index in [0.717, 1.165) is 19.3 Å². The summed E-state index contributed by atoms with van der Waals surface area (Å²) < 4.78 is 0. The first-order valence-corrected chi connectivity index (χ1v) is 8.83. The molecule has 0 radical (unpaired) electrons. The van der Waals surface area contributed by atoms with Gasteiger partial charge < -0.3 is 5.11 Å². The number of hydrogen-bond donors (Lipinski definition) is 1. The fraction of sp³-hybridized carbons (Fsp3) is 0.778. The Bertz CT molecular complexity index is 234. The van der Waals surface area contributed by atoms with Gasteiger partial charge in [-0.15, -0.1) is 0 Å². The molecule has 0 bridgehead atoms. The van der Waals surface area contributed by atoms with Gasteiger partial charge in [0.2, 0.25) is 0 Å². The van der Waals surface area contributed by atoms with Crippen LogP contribution in [-0.2, 0) is 0 Å². The monoisotopic (exact) mass is 300 g/mol. The highest BCUT2D eigenvalue weighted by molar-refractivity contribution is 6.19. The molecule has 0 spiro atoms. The number of halogens is 1. The molecule has 20 heavy (non-hydrogen) atoms. The lowest BCUT2D eigenvalue weighted by Crippen LogP contribution is -1.94. The minimum absolute atomic E-state index is 0.645. The molecule has 0 saturated carbocycles. The smallest absolute Gasteiger partial charge is 0.128 e. The van der Waals surface area contributed by atoms with Gasteiger partial charge in [0.25, 0.3) is 0 Å². The van der Waals surface area contributed by atoms with Crippen LogP contribution >= 0.6 is 11.6 Å². The Morgan fingerprint density at radius 3 is 1.95 bits per heavy atom. The number of aliphatic hydroxyl groups is 1. The molecule has 0 amide bonds. The average molecular weight is 301 g/mol. The van der Waals surface area contributed by atoms with E-state index in [4.69, 9.17) is 16.7 Å². The van der Waals surface area contributed by atoms with Crippen molar-refractivity contribution in [1.29, 1.82) is 0 Å². The summed E-state index contributed by atoms with van der Waals surface area (Å²) >= 11 is 5.48. The van der Waals surface area contributed by atoms with Gasteiger partial charge in [-0.1, -0.05) is 74.9 Å². The highest BCUT2D eigenvalue weighted by Gasteiger charge is 1.96. The third kappa shape index (κ3) is 17.7. The van der Waals surface area contributed by atoms with Crippen LogP contribution in [0.25, 0.3) is 0 Å². The number of aliphatic hydroxyl groups excluding tert-OH is 1. The van der Waals surface area contributed by atoms with Crippen LogP contribution in [0.5, 0.6) is 0 Å². The van der Waals surface area contributed by atoms with Gasteiger partial charge in [0.15, 0.2) is 0 Å². The number of unbranched alkanes of at least 4 members (excludes halogenated alkanes) is 8. The van der Waals surface area contributed by atoms with Gasteiger partial charge in [-0.3, -0.25) is 0 Å². The molecule has 0 aliphatic carbocycles. The van der Waals surface area contributed by atoms with E-state index in [2.05, 4.69) is 31.2 Å². The van der Waals surface area contributed by atoms with Gasteiger partial charge in [0.05, 0.1) is 0 Å². The lowest BCUT2D eigenvalue weighted by Gasteiger charge is -2.01. The second kappa shape index (κ2) is 16.8. The summed E-state index contributed by atoms with van der Waals surface area (Å²) in [5.41, 5.74) is -0.645. The topological polar surface area (TPSA) is 20.2 Å². The fourth-order valence-electron chi connectivity index (χ4n) is 2.12. The van der Waals surface area contributed by atoms with Crippen molar-refractivity contribution in [3.63, 3.8) is 0 Å². The minimum Gasteiger partial charge on any atom is -0.378 e. The third-order valence-corrected chi connectivity index (χ3v) is 3.61. The van der Waals surface area contributed by atoms with E-state index in [9.17, 15) is 0 Å². The summed E-state index contributed by atoms with van der Waals surface area (Å²) in [5.74, 6) is 0. The van der Waals surface area contributed by atoms with Gasteiger partial charge in [-0.2, -0.15) is 0 Å². The van der Waals surface area contributed by atoms with E-state index in [-0.39, 0.29) is 0 Å². The maximum absolute atomic E-state index is 8.91. The highest BCUT2D eigenvalue weighted by Crippen LogP contribution is 2.10. The van der Waals surface area contributed by atoms with Crippen LogP contribution in [0.15, 0.2) is 24.3 Å². The molecule has 1 unspecified atom stereocenters. The van der Waals surface area contributed by atoms with E-state index in [1.807, 2.05) is 0 Å². The quantitative estimate of drug-likeness (QED) is 0.225. The molecule has 0 fully saturated rings. The molecule has 118 valence electrons. The molecule has 0 aromatic carbocycles. The first-order chi connectivity index (χ1) is 9.77. The van der Waals surface area contributed by atoms with Crippen LogP contribution < -0.4 is 0 Å². The molecule has 1 nitrogen and oxygen atoms in total. The van der Waals surface area contributed by atoms with Crippen LogP contribution in [0, 0.1) is 0 Å². The van der Waals surface area contributed by atoms with E-state index in [0.29, 0.717) is 0 Å². The second-order valence-corrected chi connectivity index (χ2v) is 5.96. The second-order valence-electron chi connectivity index (χ2n) is 5.45. The van der Waals surface area contributed by atoms with Crippen LogP contribution in [0.4, 0.5) is 0 Å². The Morgan fingerprint density at radius 1 is 0.800 bits per heavy atom. The SMILES string of the molecule is CCCCCC=CCC=CCCCCCCCC(O)Cl. The molecule has 0 aromatic heterocycles. The van der Waals surface area contributed by atoms with E-state index < -0.39 is 5.56 Å². The Balaban J connectivity index is 3.16. The third-order valence-electron chi connectivity index (χ3n) is 3.39. The van der Waals surface area contributed by atoms with Crippen molar-refractivity contribution < 1.29 is 5.11 Å². The zero-order chi connectivity index (χ0) is 14.9. The lowest BCUT2D eigenvalue weighted by atomic mass is 10.1. The van der Waals surface area contributed by atoms with E-state index >= 15 is 0 Å². The average Bonchev–Trinajstić information content (AvgIpc) is 2.43. The number of allylic oxidation sites excluding steroid dienone is 4. The summed E-state index contributed by atoms with van der Waals surface area (Å²) in [6, 6.07) is 0. The molecule has 0 aliphatic rings. The van der Waals surface area contributed by atoms with Gasteiger partial charge >= 0.3 is 0 Å². The summed E-state index contributed by atoms with van der Waals surface area (Å²) in [5, 5.41) is 8.91.